The number of anilines is 2. The van der Waals surface area contributed by atoms with Gasteiger partial charge in [-0.1, -0.05) is 37.3 Å². The van der Waals surface area contributed by atoms with Gasteiger partial charge >= 0.3 is 0 Å². The van der Waals surface area contributed by atoms with E-state index in [9.17, 15) is 0 Å². The first-order valence-corrected chi connectivity index (χ1v) is 6.49. The molecule has 2 aromatic carbocycles. The summed E-state index contributed by atoms with van der Waals surface area (Å²) in [5, 5.41) is 3.48. The maximum atomic E-state index is 6.04. The monoisotopic (exact) mass is 256 g/mol. The minimum Gasteiger partial charge on any atom is -0.497 e. The Morgan fingerprint density at radius 1 is 1.16 bits per heavy atom. The lowest BCUT2D eigenvalue weighted by atomic mass is 10.0. The topological polar surface area (TPSA) is 47.3 Å². The molecular formula is C16H20N2O. The third-order valence-electron chi connectivity index (χ3n) is 3.20. The molecule has 100 valence electrons. The highest BCUT2D eigenvalue weighted by molar-refractivity contribution is 5.68. The quantitative estimate of drug-likeness (QED) is 0.799. The summed E-state index contributed by atoms with van der Waals surface area (Å²) in [6.07, 6.45) is 0.996. The average Bonchev–Trinajstić information content (AvgIpc) is 2.47. The Bertz CT molecular complexity index is 526. The highest BCUT2D eigenvalue weighted by Crippen LogP contribution is 2.29. The Morgan fingerprint density at radius 2 is 1.89 bits per heavy atom. The first-order valence-electron chi connectivity index (χ1n) is 6.49. The van der Waals surface area contributed by atoms with Crippen LogP contribution < -0.4 is 15.8 Å². The maximum absolute atomic E-state index is 6.04. The van der Waals surface area contributed by atoms with Gasteiger partial charge in [0.05, 0.1) is 24.5 Å². The summed E-state index contributed by atoms with van der Waals surface area (Å²) in [5.74, 6) is 0.774. The number of nitrogens with two attached hydrogens (primary N) is 1. The minimum absolute atomic E-state index is 0.261. The van der Waals surface area contributed by atoms with Crippen molar-refractivity contribution < 1.29 is 4.74 Å². The van der Waals surface area contributed by atoms with Crippen molar-refractivity contribution in [3.05, 3.63) is 54.1 Å². The molecule has 0 bridgehead atoms. The Kier molecular flexibility index (Phi) is 4.29. The number of benzene rings is 2. The third-order valence-corrected chi connectivity index (χ3v) is 3.20. The van der Waals surface area contributed by atoms with Crippen LogP contribution in [0.15, 0.2) is 48.5 Å². The van der Waals surface area contributed by atoms with Crippen molar-refractivity contribution in [2.24, 2.45) is 0 Å². The van der Waals surface area contributed by atoms with E-state index < -0.39 is 0 Å². The van der Waals surface area contributed by atoms with E-state index in [1.54, 1.807) is 7.11 Å². The zero-order chi connectivity index (χ0) is 13.7. The SMILES string of the molecule is CCC(Nc1ccc(OC)cc1N)c1ccccc1. The standard InChI is InChI=1S/C16H20N2O/c1-3-15(12-7-5-4-6-8-12)18-16-10-9-13(19-2)11-14(16)17/h4-11,15,18H,3,17H2,1-2H3. The second kappa shape index (κ2) is 6.14. The van der Waals surface area contributed by atoms with Gasteiger partial charge in [-0.2, -0.15) is 0 Å². The van der Waals surface area contributed by atoms with Crippen LogP contribution >= 0.6 is 0 Å². The molecule has 2 aromatic rings. The third kappa shape index (κ3) is 3.19. The predicted molar refractivity (Wildman–Crippen MR) is 80.5 cm³/mol. The molecule has 3 heteroatoms. The van der Waals surface area contributed by atoms with Gasteiger partial charge in [0.15, 0.2) is 0 Å². The number of hydrogen-bond acceptors (Lipinski definition) is 3. The van der Waals surface area contributed by atoms with Crippen molar-refractivity contribution in [2.75, 3.05) is 18.2 Å². The molecule has 19 heavy (non-hydrogen) atoms. The van der Waals surface area contributed by atoms with Crippen LogP contribution in [0.5, 0.6) is 5.75 Å². The lowest BCUT2D eigenvalue weighted by Gasteiger charge is -2.20. The molecule has 0 aliphatic carbocycles. The molecule has 0 saturated carbocycles. The van der Waals surface area contributed by atoms with E-state index in [-0.39, 0.29) is 6.04 Å². The number of methoxy groups -OCH3 is 1. The van der Waals surface area contributed by atoms with Crippen molar-refractivity contribution in [2.45, 2.75) is 19.4 Å². The Hall–Kier alpha value is -2.16. The molecule has 0 saturated heterocycles. The molecule has 0 aliphatic rings. The second-order valence-corrected chi connectivity index (χ2v) is 4.47. The van der Waals surface area contributed by atoms with Gasteiger partial charge in [0.2, 0.25) is 0 Å². The molecule has 0 aromatic heterocycles. The first kappa shape index (κ1) is 13.3. The number of nitrogens with one attached hydrogen (secondary N) is 1. The van der Waals surface area contributed by atoms with Gasteiger partial charge in [0, 0.05) is 6.07 Å². The molecule has 3 nitrogen and oxygen atoms in total. The molecule has 0 heterocycles. The van der Waals surface area contributed by atoms with E-state index in [0.717, 1.165) is 17.9 Å². The molecule has 1 unspecified atom stereocenters. The summed E-state index contributed by atoms with van der Waals surface area (Å²) in [6.45, 7) is 2.16. The second-order valence-electron chi connectivity index (χ2n) is 4.47. The fourth-order valence-electron chi connectivity index (χ4n) is 2.09. The molecule has 1 atom stereocenters. The van der Waals surface area contributed by atoms with E-state index in [1.165, 1.54) is 5.56 Å². The van der Waals surface area contributed by atoms with Crippen LogP contribution in [0.25, 0.3) is 0 Å². The van der Waals surface area contributed by atoms with Crippen molar-refractivity contribution in [3.8, 4) is 5.75 Å². The zero-order valence-electron chi connectivity index (χ0n) is 11.4. The normalized spacial score (nSPS) is 11.9. The average molecular weight is 256 g/mol. The van der Waals surface area contributed by atoms with E-state index in [4.69, 9.17) is 10.5 Å². The van der Waals surface area contributed by atoms with Crippen LogP contribution in [-0.2, 0) is 0 Å². The summed E-state index contributed by atoms with van der Waals surface area (Å²) in [6, 6.07) is 16.3. The summed E-state index contributed by atoms with van der Waals surface area (Å²) in [5.41, 5.74) is 8.94. The van der Waals surface area contributed by atoms with Gasteiger partial charge in [-0.05, 0) is 24.1 Å². The summed E-state index contributed by atoms with van der Waals surface area (Å²) >= 11 is 0. The first-order chi connectivity index (χ1) is 9.24. The summed E-state index contributed by atoms with van der Waals surface area (Å²) in [7, 11) is 1.64. The molecule has 0 fully saturated rings. The molecule has 0 amide bonds. The molecule has 2 rings (SSSR count). The number of nitrogen functional groups attached to an aromatic ring is 1. The Morgan fingerprint density at radius 3 is 2.47 bits per heavy atom. The van der Waals surface area contributed by atoms with Gasteiger partial charge in [0.1, 0.15) is 5.75 Å². The van der Waals surface area contributed by atoms with Gasteiger partial charge in [0.25, 0.3) is 0 Å². The van der Waals surface area contributed by atoms with E-state index in [1.807, 2.05) is 24.3 Å². The highest BCUT2D eigenvalue weighted by Gasteiger charge is 2.10. The minimum atomic E-state index is 0.261. The van der Waals surface area contributed by atoms with E-state index in [0.29, 0.717) is 5.69 Å². The van der Waals surface area contributed by atoms with Gasteiger partial charge < -0.3 is 15.8 Å². The van der Waals surface area contributed by atoms with Gasteiger partial charge in [-0.25, -0.2) is 0 Å². The Labute approximate surface area is 114 Å². The fourth-order valence-corrected chi connectivity index (χ4v) is 2.09. The zero-order valence-corrected chi connectivity index (χ0v) is 11.4. The van der Waals surface area contributed by atoms with Gasteiger partial charge in [-0.15, -0.1) is 0 Å². The van der Waals surface area contributed by atoms with Crippen LogP contribution in [0.2, 0.25) is 0 Å². The number of ether oxygens (including phenoxy) is 1. The largest absolute Gasteiger partial charge is 0.497 e. The maximum Gasteiger partial charge on any atom is 0.121 e. The predicted octanol–water partition coefficient (Wildman–Crippen LogP) is 3.84. The number of hydrogen-bond donors (Lipinski definition) is 2. The lowest BCUT2D eigenvalue weighted by Crippen LogP contribution is -2.11. The van der Waals surface area contributed by atoms with Crippen molar-refractivity contribution in [3.63, 3.8) is 0 Å². The van der Waals surface area contributed by atoms with Crippen LogP contribution in [0.1, 0.15) is 24.9 Å². The molecule has 0 radical (unpaired) electrons. The fraction of sp³-hybridized carbons (Fsp3) is 0.250. The summed E-state index contributed by atoms with van der Waals surface area (Å²) < 4.78 is 5.16. The van der Waals surface area contributed by atoms with E-state index >= 15 is 0 Å². The summed E-state index contributed by atoms with van der Waals surface area (Å²) in [4.78, 5) is 0. The van der Waals surface area contributed by atoms with Crippen LogP contribution in [0.4, 0.5) is 11.4 Å². The van der Waals surface area contributed by atoms with Crippen molar-refractivity contribution in [1.29, 1.82) is 0 Å². The van der Waals surface area contributed by atoms with E-state index in [2.05, 4.69) is 36.5 Å². The lowest BCUT2D eigenvalue weighted by molar-refractivity contribution is 0.415. The smallest absolute Gasteiger partial charge is 0.121 e. The molecular weight excluding hydrogens is 236 g/mol. The Balaban J connectivity index is 2.19. The highest BCUT2D eigenvalue weighted by atomic mass is 16.5. The van der Waals surface area contributed by atoms with Gasteiger partial charge in [-0.3, -0.25) is 0 Å². The molecule has 0 aliphatic heterocycles. The number of rotatable bonds is 5. The van der Waals surface area contributed by atoms with Crippen LogP contribution in [0.3, 0.4) is 0 Å². The molecule has 0 spiro atoms. The van der Waals surface area contributed by atoms with Crippen molar-refractivity contribution >= 4 is 11.4 Å². The van der Waals surface area contributed by atoms with Crippen LogP contribution in [0, 0.1) is 0 Å². The van der Waals surface area contributed by atoms with Crippen LogP contribution in [-0.4, -0.2) is 7.11 Å². The molecule has 3 N–H and O–H groups in total. The van der Waals surface area contributed by atoms with Crippen molar-refractivity contribution in [1.82, 2.24) is 0 Å².